The van der Waals surface area contributed by atoms with E-state index in [1.54, 1.807) is 23.6 Å². The first kappa shape index (κ1) is 25.1. The molecule has 1 unspecified atom stereocenters. The number of hydrogen-bond donors (Lipinski definition) is 1. The molecule has 1 N–H and O–H groups in total. The van der Waals surface area contributed by atoms with Crippen LogP contribution in [0.4, 0.5) is 20.2 Å². The topological polar surface area (TPSA) is 112 Å². The van der Waals surface area contributed by atoms with Gasteiger partial charge in [0, 0.05) is 18.7 Å². The zero-order chi connectivity index (χ0) is 24.8. The summed E-state index contributed by atoms with van der Waals surface area (Å²) in [7, 11) is 0. The molecule has 2 aromatic carbocycles. The highest BCUT2D eigenvalue weighted by atomic mass is 32.2. The lowest BCUT2D eigenvalue weighted by atomic mass is 10.2. The summed E-state index contributed by atoms with van der Waals surface area (Å²) < 4.78 is 35.5. The number of benzene rings is 2. The highest BCUT2D eigenvalue weighted by Gasteiger charge is 2.22. The van der Waals surface area contributed by atoms with Crippen molar-refractivity contribution < 1.29 is 23.2 Å². The molecular formula is C22H23F2N5O4S. The number of nitrogens with zero attached hydrogens (tertiary/aromatic N) is 4. The van der Waals surface area contributed by atoms with Crippen molar-refractivity contribution in [2.75, 3.05) is 11.1 Å². The first-order valence-corrected chi connectivity index (χ1v) is 11.3. The van der Waals surface area contributed by atoms with Crippen molar-refractivity contribution in [1.82, 2.24) is 14.8 Å². The van der Waals surface area contributed by atoms with Crippen LogP contribution in [0.2, 0.25) is 0 Å². The Morgan fingerprint density at radius 1 is 1.18 bits per heavy atom. The van der Waals surface area contributed by atoms with Gasteiger partial charge < -0.3 is 14.6 Å². The molecule has 3 aromatic rings. The number of nitro groups is 1. The summed E-state index contributed by atoms with van der Waals surface area (Å²) in [4.78, 5) is 22.6. The molecule has 1 aromatic heterocycles. The Morgan fingerprint density at radius 2 is 1.91 bits per heavy atom. The molecule has 0 saturated heterocycles. The number of ether oxygens (including phenoxy) is 1. The Labute approximate surface area is 198 Å². The minimum atomic E-state index is -0.784. The van der Waals surface area contributed by atoms with E-state index < -0.39 is 28.6 Å². The number of hydrogen-bond acceptors (Lipinski definition) is 7. The molecule has 1 amide bonds. The molecule has 180 valence electrons. The predicted molar refractivity (Wildman–Crippen MR) is 123 cm³/mol. The van der Waals surface area contributed by atoms with E-state index in [9.17, 15) is 23.7 Å². The van der Waals surface area contributed by atoms with Crippen LogP contribution in [-0.4, -0.2) is 31.3 Å². The van der Waals surface area contributed by atoms with Crippen molar-refractivity contribution in [3.63, 3.8) is 0 Å². The van der Waals surface area contributed by atoms with Crippen LogP contribution in [0.25, 0.3) is 0 Å². The fourth-order valence-electron chi connectivity index (χ4n) is 3.07. The number of thioether (sulfide) groups is 1. The van der Waals surface area contributed by atoms with Crippen molar-refractivity contribution in [2.24, 2.45) is 5.92 Å². The average Bonchev–Trinajstić information content (AvgIpc) is 3.17. The van der Waals surface area contributed by atoms with E-state index >= 15 is 0 Å². The number of carbonyl (C=O) groups is 1. The molecule has 0 fully saturated rings. The molecule has 9 nitrogen and oxygen atoms in total. The summed E-state index contributed by atoms with van der Waals surface area (Å²) in [6.45, 7) is 6.24. The van der Waals surface area contributed by atoms with Crippen LogP contribution < -0.4 is 10.1 Å². The lowest BCUT2D eigenvalue weighted by Gasteiger charge is -2.18. The maximum atomic E-state index is 14.0. The zero-order valence-corrected chi connectivity index (χ0v) is 19.5. The number of nitrogens with one attached hydrogen (secondary N) is 1. The van der Waals surface area contributed by atoms with Crippen molar-refractivity contribution in [3.8, 4) is 5.75 Å². The Kier molecular flexibility index (Phi) is 8.16. The monoisotopic (exact) mass is 491 g/mol. The molecule has 0 aliphatic carbocycles. The standard InChI is InChI=1S/C22H23F2N5O4S/c1-13(2)11-28-21(14(3)33-19-7-5-4-6-17(19)24)26-27-22(28)34-12-20(30)25-18-10-15(29(31)32)8-9-16(18)23/h4-10,13-14H,11-12H2,1-3H3,(H,25,30). The molecule has 34 heavy (non-hydrogen) atoms. The molecule has 1 atom stereocenters. The van der Waals surface area contributed by atoms with Gasteiger partial charge in [-0.05, 0) is 31.0 Å². The number of nitro benzene ring substituents is 1. The van der Waals surface area contributed by atoms with E-state index in [1.165, 1.54) is 12.1 Å². The third kappa shape index (κ3) is 6.28. The maximum Gasteiger partial charge on any atom is 0.271 e. The van der Waals surface area contributed by atoms with Crippen molar-refractivity contribution in [1.29, 1.82) is 0 Å². The average molecular weight is 492 g/mol. The third-order valence-corrected chi connectivity index (χ3v) is 5.53. The number of non-ortho nitro benzene ring substituents is 1. The summed E-state index contributed by atoms with van der Waals surface area (Å²) in [5.74, 6) is -1.23. The predicted octanol–water partition coefficient (Wildman–Crippen LogP) is 4.99. The smallest absolute Gasteiger partial charge is 0.271 e. The zero-order valence-electron chi connectivity index (χ0n) is 18.7. The summed E-state index contributed by atoms with van der Waals surface area (Å²) in [6.07, 6.45) is -0.620. The molecule has 0 saturated carbocycles. The van der Waals surface area contributed by atoms with Gasteiger partial charge in [-0.2, -0.15) is 0 Å². The van der Waals surface area contributed by atoms with E-state index in [2.05, 4.69) is 15.5 Å². The number of carbonyl (C=O) groups excluding carboxylic acids is 1. The van der Waals surface area contributed by atoms with Crippen molar-refractivity contribution >= 4 is 29.0 Å². The van der Waals surface area contributed by atoms with Crippen LogP contribution in [0, 0.1) is 27.7 Å². The number of halogens is 2. The molecule has 1 heterocycles. The van der Waals surface area contributed by atoms with Crippen LogP contribution in [0.1, 0.15) is 32.7 Å². The fraction of sp³-hybridized carbons (Fsp3) is 0.318. The van der Waals surface area contributed by atoms with E-state index in [0.717, 1.165) is 30.0 Å². The van der Waals surface area contributed by atoms with Crippen LogP contribution in [-0.2, 0) is 11.3 Å². The van der Waals surface area contributed by atoms with Crippen molar-refractivity contribution in [2.45, 2.75) is 38.6 Å². The van der Waals surface area contributed by atoms with Crippen LogP contribution in [0.5, 0.6) is 5.75 Å². The minimum Gasteiger partial charge on any atom is -0.480 e. The summed E-state index contributed by atoms with van der Waals surface area (Å²) in [6, 6.07) is 8.93. The van der Waals surface area contributed by atoms with Gasteiger partial charge in [-0.3, -0.25) is 14.9 Å². The molecule has 12 heteroatoms. The third-order valence-electron chi connectivity index (χ3n) is 4.56. The van der Waals surface area contributed by atoms with Gasteiger partial charge in [0.05, 0.1) is 16.4 Å². The van der Waals surface area contributed by atoms with Crippen LogP contribution >= 0.6 is 11.8 Å². The van der Waals surface area contributed by atoms with Gasteiger partial charge in [0.25, 0.3) is 5.69 Å². The van der Waals surface area contributed by atoms with E-state index in [-0.39, 0.29) is 28.8 Å². The number of anilines is 1. The lowest BCUT2D eigenvalue weighted by molar-refractivity contribution is -0.384. The molecule has 0 bridgehead atoms. The Morgan fingerprint density at radius 3 is 2.59 bits per heavy atom. The summed E-state index contributed by atoms with van der Waals surface area (Å²) >= 11 is 1.07. The quantitative estimate of drug-likeness (QED) is 0.241. The van der Waals surface area contributed by atoms with E-state index in [1.807, 2.05) is 13.8 Å². The van der Waals surface area contributed by atoms with Gasteiger partial charge in [-0.15, -0.1) is 10.2 Å². The number of para-hydroxylation sites is 1. The molecule has 0 aliphatic rings. The minimum absolute atomic E-state index is 0.0849. The van der Waals surface area contributed by atoms with Gasteiger partial charge in [-0.1, -0.05) is 37.7 Å². The summed E-state index contributed by atoms with van der Waals surface area (Å²) in [5.41, 5.74) is -0.620. The second-order valence-corrected chi connectivity index (χ2v) is 8.74. The highest BCUT2D eigenvalue weighted by Crippen LogP contribution is 2.27. The largest absolute Gasteiger partial charge is 0.480 e. The van der Waals surface area contributed by atoms with Crippen LogP contribution in [0.3, 0.4) is 0 Å². The lowest BCUT2D eigenvalue weighted by Crippen LogP contribution is -2.17. The number of rotatable bonds is 10. The van der Waals surface area contributed by atoms with Gasteiger partial charge in [-0.25, -0.2) is 8.78 Å². The Bertz CT molecular complexity index is 1190. The molecule has 0 aliphatic heterocycles. The second-order valence-electron chi connectivity index (χ2n) is 7.79. The van der Waals surface area contributed by atoms with Crippen LogP contribution in [0.15, 0.2) is 47.6 Å². The molecular weight excluding hydrogens is 468 g/mol. The number of amides is 1. The Balaban J connectivity index is 1.73. The summed E-state index contributed by atoms with van der Waals surface area (Å²) in [5, 5.41) is 22.0. The van der Waals surface area contributed by atoms with E-state index in [4.69, 9.17) is 4.74 Å². The number of aromatic nitrogens is 3. The Hall–Kier alpha value is -3.54. The second kappa shape index (κ2) is 11.1. The van der Waals surface area contributed by atoms with Gasteiger partial charge >= 0.3 is 0 Å². The SMILES string of the molecule is CC(C)Cn1c(SCC(=O)Nc2cc([N+](=O)[O-])ccc2F)nnc1C(C)Oc1ccccc1F. The first-order valence-electron chi connectivity index (χ1n) is 10.4. The van der Waals surface area contributed by atoms with Gasteiger partial charge in [0.15, 0.2) is 28.7 Å². The van der Waals surface area contributed by atoms with Gasteiger partial charge in [0.1, 0.15) is 5.82 Å². The van der Waals surface area contributed by atoms with Gasteiger partial charge in [0.2, 0.25) is 5.91 Å². The first-order chi connectivity index (χ1) is 16.2. The maximum absolute atomic E-state index is 14.0. The van der Waals surface area contributed by atoms with Crippen molar-refractivity contribution in [3.05, 3.63) is 70.0 Å². The molecule has 0 spiro atoms. The normalized spacial score (nSPS) is 11.9. The highest BCUT2D eigenvalue weighted by molar-refractivity contribution is 7.99. The molecule has 0 radical (unpaired) electrons. The van der Waals surface area contributed by atoms with E-state index in [0.29, 0.717) is 17.5 Å². The fourth-order valence-corrected chi connectivity index (χ4v) is 3.82. The molecule has 3 rings (SSSR count).